The molecule has 3 radical (unpaired) electrons. The Bertz CT molecular complexity index is 305. The molecule has 0 aromatic heterocycles. The molecule has 0 unspecified atom stereocenters. The summed E-state index contributed by atoms with van der Waals surface area (Å²) in [5.41, 5.74) is 5.13. The maximum absolute atomic E-state index is 5.07. The SMILES string of the molecule is Cc1cc(O[Si])c(C)c(C)c1C. The molecular weight excluding hydrogens is 164 g/mol. The quantitative estimate of drug-likeness (QED) is 0.598. The first-order chi connectivity index (χ1) is 5.57. The van der Waals surface area contributed by atoms with E-state index >= 15 is 0 Å². The molecule has 0 saturated heterocycles. The molecule has 0 aliphatic rings. The molecule has 0 aliphatic carbocycles. The monoisotopic (exact) mass is 177 g/mol. The third-order valence-corrected chi connectivity index (χ3v) is 2.76. The van der Waals surface area contributed by atoms with Gasteiger partial charge in [0.05, 0.1) is 0 Å². The predicted octanol–water partition coefficient (Wildman–Crippen LogP) is 2.38. The Morgan fingerprint density at radius 2 is 1.58 bits per heavy atom. The van der Waals surface area contributed by atoms with Crippen molar-refractivity contribution in [1.82, 2.24) is 0 Å². The van der Waals surface area contributed by atoms with Gasteiger partial charge in [-0.05, 0) is 56.0 Å². The fourth-order valence-electron chi connectivity index (χ4n) is 1.28. The van der Waals surface area contributed by atoms with E-state index in [0.29, 0.717) is 0 Å². The van der Waals surface area contributed by atoms with Crippen molar-refractivity contribution in [1.29, 1.82) is 0 Å². The Morgan fingerprint density at radius 1 is 1.00 bits per heavy atom. The van der Waals surface area contributed by atoms with Gasteiger partial charge in [-0.15, -0.1) is 0 Å². The molecule has 0 aliphatic heterocycles. The second-order valence-corrected chi connectivity index (χ2v) is 3.37. The normalized spacial score (nSPS) is 10.1. The minimum absolute atomic E-state index is 0.910. The predicted molar refractivity (Wildman–Crippen MR) is 51.8 cm³/mol. The topological polar surface area (TPSA) is 9.23 Å². The molecule has 1 aromatic carbocycles. The lowest BCUT2D eigenvalue weighted by molar-refractivity contribution is 0.608. The van der Waals surface area contributed by atoms with Gasteiger partial charge in [0.2, 0.25) is 0 Å². The van der Waals surface area contributed by atoms with Gasteiger partial charge < -0.3 is 4.43 Å². The molecule has 0 atom stereocenters. The van der Waals surface area contributed by atoms with Crippen LogP contribution in [0.2, 0.25) is 0 Å². The fourth-order valence-corrected chi connectivity index (χ4v) is 1.49. The van der Waals surface area contributed by atoms with E-state index in [4.69, 9.17) is 4.43 Å². The Kier molecular flexibility index (Phi) is 2.57. The molecule has 2 heteroatoms. The lowest BCUT2D eigenvalue weighted by Crippen LogP contribution is -1.96. The van der Waals surface area contributed by atoms with E-state index in [-0.39, 0.29) is 0 Å². The third-order valence-electron chi connectivity index (χ3n) is 2.54. The van der Waals surface area contributed by atoms with Crippen LogP contribution in [0.15, 0.2) is 6.07 Å². The van der Waals surface area contributed by atoms with Crippen molar-refractivity contribution in [3.8, 4) is 5.75 Å². The average molecular weight is 177 g/mol. The van der Waals surface area contributed by atoms with Crippen LogP contribution in [0, 0.1) is 27.7 Å². The van der Waals surface area contributed by atoms with Crippen LogP contribution in [0.25, 0.3) is 0 Å². The summed E-state index contributed by atoms with van der Waals surface area (Å²) in [5, 5.41) is 0. The van der Waals surface area contributed by atoms with E-state index in [2.05, 4.69) is 38.2 Å². The minimum atomic E-state index is 0.910. The van der Waals surface area contributed by atoms with Crippen molar-refractivity contribution in [3.63, 3.8) is 0 Å². The number of hydrogen-bond donors (Lipinski definition) is 0. The zero-order valence-electron chi connectivity index (χ0n) is 7.99. The standard InChI is InChI=1S/C10H13OSi/c1-6-5-10(11-12)9(4)8(3)7(6)2/h5H,1-4H3. The van der Waals surface area contributed by atoms with Crippen LogP contribution in [0.1, 0.15) is 22.3 Å². The second kappa shape index (κ2) is 3.31. The van der Waals surface area contributed by atoms with Gasteiger partial charge in [-0.25, -0.2) is 0 Å². The highest BCUT2D eigenvalue weighted by Gasteiger charge is 2.05. The number of aryl methyl sites for hydroxylation is 1. The Labute approximate surface area is 77.3 Å². The van der Waals surface area contributed by atoms with Crippen molar-refractivity contribution >= 4 is 10.5 Å². The van der Waals surface area contributed by atoms with E-state index in [0.717, 1.165) is 5.75 Å². The third kappa shape index (κ3) is 1.39. The zero-order chi connectivity index (χ0) is 9.30. The maximum atomic E-state index is 5.07. The number of rotatable bonds is 1. The van der Waals surface area contributed by atoms with Gasteiger partial charge in [0.25, 0.3) is 0 Å². The van der Waals surface area contributed by atoms with Crippen LogP contribution in [-0.4, -0.2) is 10.5 Å². The molecule has 0 saturated carbocycles. The highest BCUT2D eigenvalue weighted by Crippen LogP contribution is 2.26. The molecule has 0 spiro atoms. The summed E-state index contributed by atoms with van der Waals surface area (Å²) in [7, 11) is 3.05. The lowest BCUT2D eigenvalue weighted by atomic mass is 9.99. The maximum Gasteiger partial charge on any atom is 0.341 e. The fraction of sp³-hybridized carbons (Fsp3) is 0.400. The van der Waals surface area contributed by atoms with E-state index in [1.807, 2.05) is 6.07 Å². The zero-order valence-corrected chi connectivity index (χ0v) is 8.99. The van der Waals surface area contributed by atoms with Gasteiger partial charge in [0.15, 0.2) is 0 Å². The van der Waals surface area contributed by atoms with Crippen LogP contribution in [0.4, 0.5) is 0 Å². The molecular formula is C10H13OSi. The summed E-state index contributed by atoms with van der Waals surface area (Å²) in [5.74, 6) is 0.910. The Hall–Kier alpha value is -0.763. The van der Waals surface area contributed by atoms with Crippen LogP contribution in [0.3, 0.4) is 0 Å². The largest absolute Gasteiger partial charge is 0.540 e. The summed E-state index contributed by atoms with van der Waals surface area (Å²) in [4.78, 5) is 0. The lowest BCUT2D eigenvalue weighted by Gasteiger charge is -2.12. The molecule has 0 N–H and O–H groups in total. The molecule has 0 fully saturated rings. The first-order valence-electron chi connectivity index (χ1n) is 3.99. The van der Waals surface area contributed by atoms with Crippen LogP contribution in [-0.2, 0) is 0 Å². The van der Waals surface area contributed by atoms with Crippen molar-refractivity contribution in [3.05, 3.63) is 28.3 Å². The molecule has 0 heterocycles. The first kappa shape index (κ1) is 9.33. The summed E-state index contributed by atoms with van der Waals surface area (Å²) in [6.45, 7) is 8.41. The minimum Gasteiger partial charge on any atom is -0.540 e. The van der Waals surface area contributed by atoms with Crippen molar-refractivity contribution in [2.24, 2.45) is 0 Å². The first-order valence-corrected chi connectivity index (χ1v) is 4.39. The van der Waals surface area contributed by atoms with Crippen LogP contribution < -0.4 is 4.43 Å². The van der Waals surface area contributed by atoms with Gasteiger partial charge in [0.1, 0.15) is 5.75 Å². The molecule has 0 bridgehead atoms. The van der Waals surface area contributed by atoms with Crippen molar-refractivity contribution < 1.29 is 4.43 Å². The molecule has 1 nitrogen and oxygen atoms in total. The van der Waals surface area contributed by atoms with Gasteiger partial charge in [-0.3, -0.25) is 0 Å². The molecule has 1 aromatic rings. The number of hydrogen-bond acceptors (Lipinski definition) is 1. The summed E-state index contributed by atoms with van der Waals surface area (Å²) < 4.78 is 5.07. The summed E-state index contributed by atoms with van der Waals surface area (Å²) in [6.07, 6.45) is 0. The summed E-state index contributed by atoms with van der Waals surface area (Å²) in [6, 6.07) is 2.05. The highest BCUT2D eigenvalue weighted by molar-refractivity contribution is 6.00. The Morgan fingerprint density at radius 3 is 2.08 bits per heavy atom. The molecule has 1 rings (SSSR count). The smallest absolute Gasteiger partial charge is 0.341 e. The summed E-state index contributed by atoms with van der Waals surface area (Å²) >= 11 is 0. The van der Waals surface area contributed by atoms with Gasteiger partial charge in [-0.2, -0.15) is 0 Å². The van der Waals surface area contributed by atoms with Crippen LogP contribution in [0.5, 0.6) is 5.75 Å². The van der Waals surface area contributed by atoms with Gasteiger partial charge >= 0.3 is 10.5 Å². The molecule has 12 heavy (non-hydrogen) atoms. The van der Waals surface area contributed by atoms with Crippen LogP contribution >= 0.6 is 0 Å². The van der Waals surface area contributed by atoms with E-state index in [1.165, 1.54) is 22.3 Å². The number of benzene rings is 1. The molecule has 63 valence electrons. The second-order valence-electron chi connectivity index (χ2n) is 3.17. The van der Waals surface area contributed by atoms with Gasteiger partial charge in [-0.1, -0.05) is 0 Å². The molecule has 0 amide bonds. The highest BCUT2D eigenvalue weighted by atomic mass is 28.2. The van der Waals surface area contributed by atoms with E-state index in [1.54, 1.807) is 0 Å². The Balaban J connectivity index is 3.39. The van der Waals surface area contributed by atoms with E-state index < -0.39 is 0 Å². The average Bonchev–Trinajstić information content (AvgIpc) is 2.08. The van der Waals surface area contributed by atoms with Gasteiger partial charge in [0, 0.05) is 0 Å². The van der Waals surface area contributed by atoms with E-state index in [9.17, 15) is 0 Å². The van der Waals surface area contributed by atoms with Crippen molar-refractivity contribution in [2.45, 2.75) is 27.7 Å². The van der Waals surface area contributed by atoms with Crippen molar-refractivity contribution in [2.75, 3.05) is 0 Å².